The highest BCUT2D eigenvalue weighted by Crippen LogP contribution is 2.40. The topological polar surface area (TPSA) is 18.5 Å². The molecule has 0 fully saturated rings. The molecule has 0 N–H and O–H groups in total. The summed E-state index contributed by atoms with van der Waals surface area (Å²) < 4.78 is 11.1. The van der Waals surface area contributed by atoms with Crippen molar-refractivity contribution in [1.29, 1.82) is 0 Å². The lowest BCUT2D eigenvalue weighted by molar-refractivity contribution is 0.404. The molecule has 3 heteroatoms. The van der Waals surface area contributed by atoms with E-state index in [1.54, 1.807) is 14.2 Å². The fourth-order valence-corrected chi connectivity index (χ4v) is 3.87. The van der Waals surface area contributed by atoms with Crippen LogP contribution < -0.4 is 9.47 Å². The molecule has 2 nitrogen and oxygen atoms in total. The summed E-state index contributed by atoms with van der Waals surface area (Å²) >= 11 is 6.41. The van der Waals surface area contributed by atoms with E-state index in [-0.39, 0.29) is 0 Å². The lowest BCUT2D eigenvalue weighted by atomic mass is 9.88. The molecule has 0 aliphatic heterocycles. The van der Waals surface area contributed by atoms with Crippen LogP contribution in [0.2, 0.25) is 0 Å². The molecule has 3 aromatic carbocycles. The molecular formula is C25H27ClO2. The van der Waals surface area contributed by atoms with Gasteiger partial charge in [-0.15, -0.1) is 11.6 Å². The Morgan fingerprint density at radius 3 is 2.11 bits per heavy atom. The molecule has 0 amide bonds. The second kappa shape index (κ2) is 8.70. The van der Waals surface area contributed by atoms with Gasteiger partial charge in [0.2, 0.25) is 0 Å². The Balaban J connectivity index is 2.27. The number of methoxy groups -OCH3 is 2. The molecule has 0 saturated heterocycles. The number of aryl methyl sites for hydroxylation is 3. The van der Waals surface area contributed by atoms with Gasteiger partial charge >= 0.3 is 0 Å². The number of halogens is 1. The highest BCUT2D eigenvalue weighted by Gasteiger charge is 2.16. The van der Waals surface area contributed by atoms with Crippen LogP contribution in [-0.4, -0.2) is 14.2 Å². The zero-order chi connectivity index (χ0) is 20.3. The van der Waals surface area contributed by atoms with Crippen molar-refractivity contribution in [2.75, 3.05) is 14.2 Å². The van der Waals surface area contributed by atoms with Crippen LogP contribution in [0.3, 0.4) is 0 Å². The van der Waals surface area contributed by atoms with Crippen molar-refractivity contribution in [2.45, 2.75) is 33.1 Å². The van der Waals surface area contributed by atoms with Crippen LogP contribution in [0.5, 0.6) is 11.5 Å². The standard InChI is InChI=1S/C25H27ClO2/c1-6-18-12-23(21-11-16(2)7-8-17(21)3)19(15-26)13-22(18)24-14-20(27-4)9-10-25(24)28-5/h7-14H,6,15H2,1-5H3. The average molecular weight is 395 g/mol. The van der Waals surface area contributed by atoms with Crippen LogP contribution in [-0.2, 0) is 12.3 Å². The molecule has 28 heavy (non-hydrogen) atoms. The third-order valence-electron chi connectivity index (χ3n) is 5.23. The molecule has 0 radical (unpaired) electrons. The summed E-state index contributed by atoms with van der Waals surface area (Å²) in [5.74, 6) is 2.09. The predicted molar refractivity (Wildman–Crippen MR) is 119 cm³/mol. The molecule has 0 heterocycles. The summed E-state index contributed by atoms with van der Waals surface area (Å²) in [7, 11) is 3.38. The zero-order valence-corrected chi connectivity index (χ0v) is 18.0. The largest absolute Gasteiger partial charge is 0.497 e. The summed E-state index contributed by atoms with van der Waals surface area (Å²) in [6, 6.07) is 17.0. The van der Waals surface area contributed by atoms with Crippen molar-refractivity contribution < 1.29 is 9.47 Å². The summed E-state index contributed by atoms with van der Waals surface area (Å²) in [5.41, 5.74) is 9.50. The van der Waals surface area contributed by atoms with E-state index >= 15 is 0 Å². The van der Waals surface area contributed by atoms with Gasteiger partial charge in [-0.2, -0.15) is 0 Å². The second-order valence-corrected chi connectivity index (χ2v) is 7.31. The van der Waals surface area contributed by atoms with Crippen LogP contribution >= 0.6 is 11.6 Å². The Morgan fingerprint density at radius 2 is 1.46 bits per heavy atom. The van der Waals surface area contributed by atoms with Gasteiger partial charge in [-0.05, 0) is 77.9 Å². The Labute approximate surface area is 173 Å². The Morgan fingerprint density at radius 1 is 0.750 bits per heavy atom. The lowest BCUT2D eigenvalue weighted by Gasteiger charge is -2.19. The molecule has 0 aliphatic rings. The van der Waals surface area contributed by atoms with Gasteiger partial charge in [-0.25, -0.2) is 0 Å². The van der Waals surface area contributed by atoms with Gasteiger partial charge in [0.15, 0.2) is 0 Å². The molecular weight excluding hydrogens is 368 g/mol. The van der Waals surface area contributed by atoms with Crippen molar-refractivity contribution in [3.63, 3.8) is 0 Å². The van der Waals surface area contributed by atoms with Crippen LogP contribution in [0.25, 0.3) is 22.3 Å². The first-order valence-electron chi connectivity index (χ1n) is 9.54. The number of rotatable bonds is 6. The smallest absolute Gasteiger partial charge is 0.126 e. The first kappa shape index (κ1) is 20.3. The Kier molecular flexibility index (Phi) is 6.31. The first-order chi connectivity index (χ1) is 13.5. The van der Waals surface area contributed by atoms with Crippen molar-refractivity contribution in [2.24, 2.45) is 0 Å². The number of hydrogen-bond donors (Lipinski definition) is 0. The van der Waals surface area contributed by atoms with Gasteiger partial charge in [0, 0.05) is 11.4 Å². The number of ether oxygens (including phenoxy) is 2. The van der Waals surface area contributed by atoms with Gasteiger partial charge in [0.25, 0.3) is 0 Å². The number of alkyl halides is 1. The van der Waals surface area contributed by atoms with E-state index in [2.05, 4.69) is 51.1 Å². The van der Waals surface area contributed by atoms with Gasteiger partial charge < -0.3 is 9.47 Å². The van der Waals surface area contributed by atoms with E-state index in [1.807, 2.05) is 18.2 Å². The van der Waals surface area contributed by atoms with Crippen LogP contribution in [0, 0.1) is 13.8 Å². The number of hydrogen-bond acceptors (Lipinski definition) is 2. The summed E-state index contributed by atoms with van der Waals surface area (Å²) in [6.45, 7) is 6.45. The predicted octanol–water partition coefficient (Wildman–Crippen LogP) is 6.96. The van der Waals surface area contributed by atoms with Crippen molar-refractivity contribution in [3.8, 4) is 33.8 Å². The fourth-order valence-electron chi connectivity index (χ4n) is 3.64. The van der Waals surface area contributed by atoms with E-state index < -0.39 is 0 Å². The van der Waals surface area contributed by atoms with E-state index in [0.717, 1.165) is 34.6 Å². The maximum Gasteiger partial charge on any atom is 0.126 e. The van der Waals surface area contributed by atoms with Crippen LogP contribution in [0.15, 0.2) is 48.5 Å². The van der Waals surface area contributed by atoms with E-state index in [4.69, 9.17) is 21.1 Å². The van der Waals surface area contributed by atoms with Gasteiger partial charge in [0.1, 0.15) is 11.5 Å². The molecule has 0 bridgehead atoms. The maximum atomic E-state index is 6.41. The molecule has 0 spiro atoms. The molecule has 0 saturated carbocycles. The van der Waals surface area contributed by atoms with E-state index in [1.165, 1.54) is 27.8 Å². The van der Waals surface area contributed by atoms with Gasteiger partial charge in [-0.3, -0.25) is 0 Å². The van der Waals surface area contributed by atoms with Crippen LogP contribution in [0.4, 0.5) is 0 Å². The van der Waals surface area contributed by atoms with Gasteiger partial charge in [0.05, 0.1) is 14.2 Å². The van der Waals surface area contributed by atoms with Crippen molar-refractivity contribution in [1.82, 2.24) is 0 Å². The van der Waals surface area contributed by atoms with Gasteiger partial charge in [-0.1, -0.05) is 36.8 Å². The fraction of sp³-hybridized carbons (Fsp3) is 0.280. The Bertz CT molecular complexity index is 992. The third kappa shape index (κ3) is 3.88. The minimum absolute atomic E-state index is 0.450. The maximum absolute atomic E-state index is 6.41. The molecule has 0 aliphatic carbocycles. The molecule has 0 aromatic heterocycles. The van der Waals surface area contributed by atoms with Crippen molar-refractivity contribution in [3.05, 3.63) is 70.8 Å². The molecule has 0 atom stereocenters. The van der Waals surface area contributed by atoms with Crippen LogP contribution in [0.1, 0.15) is 29.2 Å². The summed E-state index contributed by atoms with van der Waals surface area (Å²) in [6.07, 6.45) is 0.913. The Hall–Kier alpha value is -2.45. The molecule has 146 valence electrons. The number of benzene rings is 3. The highest BCUT2D eigenvalue weighted by molar-refractivity contribution is 6.17. The molecule has 0 unspecified atom stereocenters. The minimum atomic E-state index is 0.450. The molecule has 3 aromatic rings. The lowest BCUT2D eigenvalue weighted by Crippen LogP contribution is -1.98. The normalized spacial score (nSPS) is 10.8. The molecule has 3 rings (SSSR count). The zero-order valence-electron chi connectivity index (χ0n) is 17.2. The van der Waals surface area contributed by atoms with Crippen molar-refractivity contribution >= 4 is 11.6 Å². The van der Waals surface area contributed by atoms with E-state index in [9.17, 15) is 0 Å². The quantitative estimate of drug-likeness (QED) is 0.421. The minimum Gasteiger partial charge on any atom is -0.497 e. The highest BCUT2D eigenvalue weighted by atomic mass is 35.5. The van der Waals surface area contributed by atoms with E-state index in [0.29, 0.717) is 5.88 Å². The third-order valence-corrected chi connectivity index (χ3v) is 5.52. The second-order valence-electron chi connectivity index (χ2n) is 7.04. The SMILES string of the molecule is CCc1cc(-c2cc(C)ccc2C)c(CCl)cc1-c1cc(OC)ccc1OC. The summed E-state index contributed by atoms with van der Waals surface area (Å²) in [5, 5.41) is 0. The monoisotopic (exact) mass is 394 g/mol. The first-order valence-corrected chi connectivity index (χ1v) is 10.1. The average Bonchev–Trinajstić information content (AvgIpc) is 2.73. The summed E-state index contributed by atoms with van der Waals surface area (Å²) in [4.78, 5) is 0.